The molecule has 0 fully saturated rings. The fourth-order valence-electron chi connectivity index (χ4n) is 2.53. The number of hydrogen-bond acceptors (Lipinski definition) is 3. The number of carbonyl (C=O) groups is 1. The molecule has 1 heterocycles. The van der Waals surface area contributed by atoms with Crippen molar-refractivity contribution in [2.24, 2.45) is 0 Å². The van der Waals surface area contributed by atoms with Crippen molar-refractivity contribution in [3.8, 4) is 11.4 Å². The molecule has 1 amide bonds. The van der Waals surface area contributed by atoms with Gasteiger partial charge in [-0.15, -0.1) is 0 Å². The number of ether oxygens (including phenoxy) is 1. The van der Waals surface area contributed by atoms with E-state index < -0.39 is 23.3 Å². The molecule has 0 aliphatic rings. The molecule has 1 aromatic heterocycles. The van der Waals surface area contributed by atoms with Crippen LogP contribution in [0.25, 0.3) is 5.69 Å². The van der Waals surface area contributed by atoms with Crippen molar-refractivity contribution < 1.29 is 22.7 Å². The van der Waals surface area contributed by atoms with Crippen molar-refractivity contribution in [3.63, 3.8) is 0 Å². The summed E-state index contributed by atoms with van der Waals surface area (Å²) in [5, 5.41) is 6.55. The van der Waals surface area contributed by atoms with E-state index in [0.717, 1.165) is 6.20 Å². The number of rotatable bonds is 4. The number of benzene rings is 2. The van der Waals surface area contributed by atoms with Crippen LogP contribution >= 0.6 is 23.2 Å². The van der Waals surface area contributed by atoms with Crippen molar-refractivity contribution in [2.45, 2.75) is 6.18 Å². The zero-order valence-electron chi connectivity index (χ0n) is 14.2. The molecule has 0 aliphatic heterocycles. The van der Waals surface area contributed by atoms with Crippen LogP contribution in [-0.2, 0) is 6.18 Å². The average molecular weight is 430 g/mol. The van der Waals surface area contributed by atoms with Crippen molar-refractivity contribution in [2.75, 3.05) is 12.4 Å². The Balaban J connectivity index is 2.00. The number of nitrogens with one attached hydrogen (secondary N) is 1. The van der Waals surface area contributed by atoms with Crippen LogP contribution < -0.4 is 10.1 Å². The molecule has 0 radical (unpaired) electrons. The van der Waals surface area contributed by atoms with Crippen molar-refractivity contribution in [1.29, 1.82) is 0 Å². The van der Waals surface area contributed by atoms with Crippen LogP contribution in [0.1, 0.15) is 16.1 Å². The molecule has 0 bridgehead atoms. The van der Waals surface area contributed by atoms with E-state index in [9.17, 15) is 18.0 Å². The van der Waals surface area contributed by atoms with Crippen LogP contribution in [0.3, 0.4) is 0 Å². The highest BCUT2D eigenvalue weighted by Gasteiger charge is 2.40. The normalized spacial score (nSPS) is 11.4. The standard InChI is InChI=1S/C18H12Cl2F3N3O2/c1-28-15-6-5-11(8-14(15)20)25-17(27)13-9-24-26(16(13)18(21,22)23)12-4-2-3-10(19)7-12/h2-9H,1H3,(H,25,27). The number of aromatic nitrogens is 2. The van der Waals surface area contributed by atoms with Crippen molar-refractivity contribution in [3.05, 3.63) is 70.0 Å². The van der Waals surface area contributed by atoms with Crippen LogP contribution in [0.15, 0.2) is 48.7 Å². The third kappa shape index (κ3) is 4.07. The summed E-state index contributed by atoms with van der Waals surface area (Å²) in [6.45, 7) is 0. The van der Waals surface area contributed by atoms with Gasteiger partial charge in [0.25, 0.3) is 5.91 Å². The molecule has 3 aromatic rings. The van der Waals surface area contributed by atoms with Gasteiger partial charge in [0.2, 0.25) is 0 Å². The Morgan fingerprint density at radius 1 is 1.18 bits per heavy atom. The molecule has 0 saturated heterocycles. The second-order valence-corrected chi connectivity index (χ2v) is 6.44. The Morgan fingerprint density at radius 2 is 1.93 bits per heavy atom. The van der Waals surface area contributed by atoms with Gasteiger partial charge in [-0.3, -0.25) is 4.79 Å². The Morgan fingerprint density at radius 3 is 2.54 bits per heavy atom. The predicted octanol–water partition coefficient (Wildman–Crippen LogP) is 5.46. The largest absolute Gasteiger partial charge is 0.495 e. The molecule has 3 rings (SSSR count). The smallest absolute Gasteiger partial charge is 0.434 e. The third-order valence-electron chi connectivity index (χ3n) is 3.74. The van der Waals surface area contributed by atoms with E-state index in [-0.39, 0.29) is 21.4 Å². The van der Waals surface area contributed by atoms with Gasteiger partial charge in [0.15, 0.2) is 5.69 Å². The number of alkyl halides is 3. The monoisotopic (exact) mass is 429 g/mol. The van der Waals surface area contributed by atoms with E-state index in [0.29, 0.717) is 10.4 Å². The second kappa shape index (κ2) is 7.73. The molecule has 0 atom stereocenters. The maximum Gasteiger partial charge on any atom is 0.434 e. The number of hydrogen-bond donors (Lipinski definition) is 1. The molecule has 0 saturated carbocycles. The number of carbonyl (C=O) groups excluding carboxylic acids is 1. The first kappa shape index (κ1) is 20.0. The lowest BCUT2D eigenvalue weighted by molar-refractivity contribution is -0.143. The fourth-order valence-corrected chi connectivity index (χ4v) is 2.98. The molecule has 0 spiro atoms. The summed E-state index contributed by atoms with van der Waals surface area (Å²) in [5.41, 5.74) is -1.57. The topological polar surface area (TPSA) is 56.1 Å². The number of nitrogens with zero attached hydrogens (tertiary/aromatic N) is 2. The number of halogens is 5. The summed E-state index contributed by atoms with van der Waals surface area (Å²) >= 11 is 11.8. The van der Waals surface area contributed by atoms with Crippen LogP contribution in [0.5, 0.6) is 5.75 Å². The van der Waals surface area contributed by atoms with Gasteiger partial charge < -0.3 is 10.1 Å². The van der Waals surface area contributed by atoms with Crippen LogP contribution in [0.2, 0.25) is 10.0 Å². The van der Waals surface area contributed by atoms with Gasteiger partial charge >= 0.3 is 6.18 Å². The van der Waals surface area contributed by atoms with E-state index in [4.69, 9.17) is 27.9 Å². The summed E-state index contributed by atoms with van der Waals surface area (Å²) in [5.74, 6) is -0.619. The van der Waals surface area contributed by atoms with E-state index in [1.165, 1.54) is 49.6 Å². The zero-order valence-corrected chi connectivity index (χ0v) is 15.7. The van der Waals surface area contributed by atoms with Gasteiger partial charge in [0, 0.05) is 10.7 Å². The van der Waals surface area contributed by atoms with Gasteiger partial charge in [-0.25, -0.2) is 4.68 Å². The minimum Gasteiger partial charge on any atom is -0.495 e. The number of anilines is 1. The first-order chi connectivity index (χ1) is 13.2. The molecular formula is C18H12Cl2F3N3O2. The van der Waals surface area contributed by atoms with E-state index >= 15 is 0 Å². The van der Waals surface area contributed by atoms with Gasteiger partial charge in [0.1, 0.15) is 5.75 Å². The number of amides is 1. The lowest BCUT2D eigenvalue weighted by Gasteiger charge is -2.13. The molecule has 0 aliphatic carbocycles. The van der Waals surface area contributed by atoms with Gasteiger partial charge in [-0.1, -0.05) is 29.3 Å². The fraction of sp³-hybridized carbons (Fsp3) is 0.111. The second-order valence-electron chi connectivity index (χ2n) is 5.60. The molecule has 146 valence electrons. The molecule has 1 N–H and O–H groups in total. The third-order valence-corrected chi connectivity index (χ3v) is 4.28. The summed E-state index contributed by atoms with van der Waals surface area (Å²) in [4.78, 5) is 12.5. The Labute approximate surface area is 167 Å². The van der Waals surface area contributed by atoms with E-state index in [2.05, 4.69) is 10.4 Å². The number of methoxy groups -OCH3 is 1. The van der Waals surface area contributed by atoms with Crippen molar-refractivity contribution in [1.82, 2.24) is 9.78 Å². The lowest BCUT2D eigenvalue weighted by atomic mass is 10.2. The molecule has 0 unspecified atom stereocenters. The zero-order chi connectivity index (χ0) is 20.5. The summed E-state index contributed by atoms with van der Waals surface area (Å²) in [6.07, 6.45) is -3.98. The Hall–Kier alpha value is -2.71. The maximum absolute atomic E-state index is 13.7. The molecule has 5 nitrogen and oxygen atoms in total. The van der Waals surface area contributed by atoms with Crippen LogP contribution in [0.4, 0.5) is 18.9 Å². The first-order valence-electron chi connectivity index (χ1n) is 7.76. The summed E-state index contributed by atoms with van der Waals surface area (Å²) in [7, 11) is 1.42. The molecular weight excluding hydrogens is 418 g/mol. The van der Waals surface area contributed by atoms with Crippen molar-refractivity contribution >= 4 is 34.8 Å². The highest BCUT2D eigenvalue weighted by Crippen LogP contribution is 2.35. The van der Waals surface area contributed by atoms with Gasteiger partial charge in [-0.05, 0) is 36.4 Å². The highest BCUT2D eigenvalue weighted by atomic mass is 35.5. The maximum atomic E-state index is 13.7. The van der Waals surface area contributed by atoms with E-state index in [1.807, 2.05) is 0 Å². The quantitative estimate of drug-likeness (QED) is 0.598. The molecule has 2 aromatic carbocycles. The minimum absolute atomic E-state index is 0.0753. The first-order valence-corrected chi connectivity index (χ1v) is 8.52. The molecule has 28 heavy (non-hydrogen) atoms. The van der Waals surface area contributed by atoms with Crippen LogP contribution in [0, 0.1) is 0 Å². The Kier molecular flexibility index (Phi) is 5.53. The SMILES string of the molecule is COc1ccc(NC(=O)c2cnn(-c3cccc(Cl)c3)c2C(F)(F)F)cc1Cl. The minimum atomic E-state index is -4.83. The summed E-state index contributed by atoms with van der Waals surface area (Å²) < 4.78 is 46.7. The van der Waals surface area contributed by atoms with E-state index in [1.54, 1.807) is 0 Å². The van der Waals surface area contributed by atoms with Gasteiger partial charge in [0.05, 0.1) is 29.6 Å². The van der Waals surface area contributed by atoms with Gasteiger partial charge in [-0.2, -0.15) is 18.3 Å². The average Bonchev–Trinajstić information content (AvgIpc) is 3.07. The predicted molar refractivity (Wildman–Crippen MR) is 99.5 cm³/mol. The molecule has 10 heteroatoms. The highest BCUT2D eigenvalue weighted by molar-refractivity contribution is 6.32. The Bertz CT molecular complexity index is 1040. The van der Waals surface area contributed by atoms with Crippen LogP contribution in [-0.4, -0.2) is 22.8 Å². The summed E-state index contributed by atoms with van der Waals surface area (Å²) in [6, 6.07) is 10.0. The lowest BCUT2D eigenvalue weighted by Crippen LogP contribution is -2.20.